The maximum atomic E-state index is 11.7. The quantitative estimate of drug-likeness (QED) is 0.777. The van der Waals surface area contributed by atoms with E-state index < -0.39 is 6.09 Å². The molecule has 0 fully saturated rings. The Morgan fingerprint density at radius 2 is 1.88 bits per heavy atom. The second kappa shape index (κ2) is 8.72. The van der Waals surface area contributed by atoms with E-state index in [1.165, 1.54) is 0 Å². The number of aromatic nitrogens is 1. The first kappa shape index (κ1) is 18.3. The molecule has 0 atom stereocenters. The van der Waals surface area contributed by atoms with Crippen molar-refractivity contribution < 1.29 is 23.6 Å². The molecule has 1 aromatic carbocycles. The normalized spacial score (nSPS) is 10.2. The van der Waals surface area contributed by atoms with E-state index in [0.29, 0.717) is 12.4 Å². The molecule has 2 N–H and O–H groups in total. The zero-order valence-corrected chi connectivity index (χ0v) is 14.4. The number of carbonyl (C=O) groups is 2. The highest BCUT2D eigenvalue weighted by atomic mass is 16.6. The summed E-state index contributed by atoms with van der Waals surface area (Å²) >= 11 is 0. The summed E-state index contributed by atoms with van der Waals surface area (Å²) < 4.78 is 15.4. The molecule has 0 aliphatic rings. The van der Waals surface area contributed by atoms with Gasteiger partial charge in [0.05, 0.1) is 24.3 Å². The number of nitrogens with one attached hydrogen (secondary N) is 2. The largest absolute Gasteiger partial charge is 0.489 e. The molecule has 1 aromatic heterocycles. The van der Waals surface area contributed by atoms with Crippen LogP contribution in [0.5, 0.6) is 5.75 Å². The number of benzene rings is 1. The van der Waals surface area contributed by atoms with Gasteiger partial charge in [0.15, 0.2) is 0 Å². The summed E-state index contributed by atoms with van der Waals surface area (Å²) in [6.07, 6.45) is -0.574. The Bertz CT molecular complexity index is 705. The highest BCUT2D eigenvalue weighted by Crippen LogP contribution is 2.18. The average Bonchev–Trinajstić information content (AvgIpc) is 2.91. The Balaban J connectivity index is 1.81. The van der Waals surface area contributed by atoms with Crippen LogP contribution < -0.4 is 15.6 Å². The number of amides is 2. The van der Waals surface area contributed by atoms with Crippen molar-refractivity contribution in [2.45, 2.75) is 33.8 Å². The fraction of sp³-hybridized carbons (Fsp3) is 0.353. The van der Waals surface area contributed by atoms with Crippen LogP contribution in [0.25, 0.3) is 0 Å². The predicted molar refractivity (Wildman–Crippen MR) is 88.8 cm³/mol. The first-order chi connectivity index (χ1) is 12.0. The van der Waals surface area contributed by atoms with Crippen LogP contribution >= 0.6 is 0 Å². The standard InChI is InChI=1S/C17H21N3O5/c1-4-23-17(22)19-18-16(21)9-13-5-7-14(8-6-13)24-10-15-11(2)20-25-12(15)3/h5-8H,4,9-10H2,1-3H3,(H,18,21)(H,19,22). The zero-order valence-electron chi connectivity index (χ0n) is 14.4. The number of aryl methyl sites for hydroxylation is 2. The fourth-order valence-electron chi connectivity index (χ4n) is 2.08. The SMILES string of the molecule is CCOC(=O)NNC(=O)Cc1ccc(OCc2c(C)noc2C)cc1. The summed E-state index contributed by atoms with van der Waals surface area (Å²) in [6.45, 7) is 5.98. The van der Waals surface area contributed by atoms with Crippen LogP contribution in [0.1, 0.15) is 29.5 Å². The first-order valence-corrected chi connectivity index (χ1v) is 7.84. The van der Waals surface area contributed by atoms with E-state index in [-0.39, 0.29) is 18.9 Å². The van der Waals surface area contributed by atoms with E-state index in [1.807, 2.05) is 13.8 Å². The molecule has 0 spiro atoms. The highest BCUT2D eigenvalue weighted by Gasteiger charge is 2.10. The van der Waals surface area contributed by atoms with Crippen LogP contribution in [0.4, 0.5) is 4.79 Å². The minimum atomic E-state index is -0.695. The molecule has 0 unspecified atom stereocenters. The molecular weight excluding hydrogens is 326 g/mol. The van der Waals surface area contributed by atoms with Crippen LogP contribution in [0, 0.1) is 13.8 Å². The molecule has 0 aliphatic carbocycles. The van der Waals surface area contributed by atoms with Gasteiger partial charge in [0.2, 0.25) is 5.91 Å². The Kier molecular flexibility index (Phi) is 6.39. The number of rotatable bonds is 6. The summed E-state index contributed by atoms with van der Waals surface area (Å²) in [6, 6.07) is 7.12. The van der Waals surface area contributed by atoms with E-state index in [4.69, 9.17) is 9.26 Å². The lowest BCUT2D eigenvalue weighted by atomic mass is 10.1. The topological polar surface area (TPSA) is 103 Å². The lowest BCUT2D eigenvalue weighted by molar-refractivity contribution is -0.121. The van der Waals surface area contributed by atoms with Gasteiger partial charge >= 0.3 is 6.09 Å². The third-order valence-electron chi connectivity index (χ3n) is 3.43. The number of hydrogen-bond donors (Lipinski definition) is 2. The van der Waals surface area contributed by atoms with Gasteiger partial charge in [0.25, 0.3) is 0 Å². The van der Waals surface area contributed by atoms with Crippen LogP contribution in [0.3, 0.4) is 0 Å². The van der Waals surface area contributed by atoms with Gasteiger partial charge in [0.1, 0.15) is 18.1 Å². The lowest BCUT2D eigenvalue weighted by Crippen LogP contribution is -2.42. The molecule has 2 amide bonds. The molecule has 1 heterocycles. The maximum absolute atomic E-state index is 11.7. The first-order valence-electron chi connectivity index (χ1n) is 7.84. The summed E-state index contributed by atoms with van der Waals surface area (Å²) in [5.74, 6) is 1.06. The highest BCUT2D eigenvalue weighted by molar-refractivity contribution is 5.80. The Morgan fingerprint density at radius 3 is 2.48 bits per heavy atom. The molecule has 0 aliphatic heterocycles. The van der Waals surface area contributed by atoms with Crippen molar-refractivity contribution in [2.24, 2.45) is 0 Å². The number of nitrogens with zero attached hydrogens (tertiary/aromatic N) is 1. The molecule has 0 saturated heterocycles. The molecule has 25 heavy (non-hydrogen) atoms. The van der Waals surface area contributed by atoms with Gasteiger partial charge in [0, 0.05) is 0 Å². The van der Waals surface area contributed by atoms with Gasteiger partial charge in [-0.25, -0.2) is 10.2 Å². The van der Waals surface area contributed by atoms with E-state index >= 15 is 0 Å². The van der Waals surface area contributed by atoms with Crippen molar-refractivity contribution in [2.75, 3.05) is 6.61 Å². The van der Waals surface area contributed by atoms with Crippen LogP contribution in [-0.4, -0.2) is 23.8 Å². The van der Waals surface area contributed by atoms with Crippen molar-refractivity contribution in [3.05, 3.63) is 46.8 Å². The van der Waals surface area contributed by atoms with Gasteiger partial charge in [-0.15, -0.1) is 0 Å². The fourth-order valence-corrected chi connectivity index (χ4v) is 2.08. The molecular formula is C17H21N3O5. The zero-order chi connectivity index (χ0) is 18.2. The van der Waals surface area contributed by atoms with Crippen LogP contribution in [-0.2, 0) is 22.6 Å². The van der Waals surface area contributed by atoms with Gasteiger partial charge in [-0.05, 0) is 38.5 Å². The summed E-state index contributed by atoms with van der Waals surface area (Å²) in [4.78, 5) is 22.8. The summed E-state index contributed by atoms with van der Waals surface area (Å²) in [5, 5.41) is 3.88. The average molecular weight is 347 g/mol. The van der Waals surface area contributed by atoms with E-state index in [0.717, 1.165) is 22.6 Å². The second-order valence-electron chi connectivity index (χ2n) is 5.31. The molecule has 2 aromatic rings. The molecule has 8 heteroatoms. The number of hydrogen-bond acceptors (Lipinski definition) is 6. The monoisotopic (exact) mass is 347 g/mol. The maximum Gasteiger partial charge on any atom is 0.426 e. The third-order valence-corrected chi connectivity index (χ3v) is 3.43. The van der Waals surface area contributed by atoms with Gasteiger partial charge in [-0.1, -0.05) is 17.3 Å². The van der Waals surface area contributed by atoms with E-state index in [1.54, 1.807) is 31.2 Å². The molecule has 0 saturated carbocycles. The van der Waals surface area contributed by atoms with Gasteiger partial charge in [-0.2, -0.15) is 0 Å². The summed E-state index contributed by atoms with van der Waals surface area (Å²) in [7, 11) is 0. The molecule has 2 rings (SSSR count). The molecule has 134 valence electrons. The second-order valence-corrected chi connectivity index (χ2v) is 5.31. The molecule has 0 radical (unpaired) electrons. The van der Waals surface area contributed by atoms with Crippen molar-refractivity contribution in [1.29, 1.82) is 0 Å². The van der Waals surface area contributed by atoms with Crippen molar-refractivity contribution >= 4 is 12.0 Å². The van der Waals surface area contributed by atoms with Crippen LogP contribution in [0.2, 0.25) is 0 Å². The molecule has 8 nitrogen and oxygen atoms in total. The Morgan fingerprint density at radius 1 is 1.16 bits per heavy atom. The predicted octanol–water partition coefficient (Wildman–Crippen LogP) is 2.19. The smallest absolute Gasteiger partial charge is 0.426 e. The minimum Gasteiger partial charge on any atom is -0.489 e. The third kappa shape index (κ3) is 5.52. The minimum absolute atomic E-state index is 0.122. The Hall–Kier alpha value is -3.03. The summed E-state index contributed by atoms with van der Waals surface area (Å²) in [5.41, 5.74) is 6.95. The number of hydrazine groups is 1. The van der Waals surface area contributed by atoms with Crippen LogP contribution in [0.15, 0.2) is 28.8 Å². The van der Waals surface area contributed by atoms with E-state index in [9.17, 15) is 9.59 Å². The molecule has 0 bridgehead atoms. The lowest BCUT2D eigenvalue weighted by Gasteiger charge is -2.08. The Labute approximate surface area is 145 Å². The van der Waals surface area contributed by atoms with Crippen molar-refractivity contribution in [1.82, 2.24) is 16.0 Å². The van der Waals surface area contributed by atoms with Crippen molar-refractivity contribution in [3.63, 3.8) is 0 Å². The van der Waals surface area contributed by atoms with Gasteiger partial charge in [-0.3, -0.25) is 10.2 Å². The van der Waals surface area contributed by atoms with Gasteiger partial charge < -0.3 is 14.0 Å². The number of carbonyl (C=O) groups excluding carboxylic acids is 2. The van der Waals surface area contributed by atoms with Crippen molar-refractivity contribution in [3.8, 4) is 5.75 Å². The number of ether oxygens (including phenoxy) is 2. The van der Waals surface area contributed by atoms with E-state index in [2.05, 4.69) is 20.7 Å².